The molecule has 15 rings (SSSR count). The van der Waals surface area contributed by atoms with E-state index in [1.165, 1.54) is 66.5 Å². The van der Waals surface area contributed by atoms with E-state index in [9.17, 15) is 0 Å². The molecule has 1 aromatic heterocycles. The Bertz CT molecular complexity index is 4710. The Labute approximate surface area is 550 Å². The van der Waals surface area contributed by atoms with Crippen molar-refractivity contribution < 1.29 is 4.42 Å². The number of hydrogen-bond donors (Lipinski definition) is 0. The summed E-state index contributed by atoms with van der Waals surface area (Å²) >= 11 is 0. The van der Waals surface area contributed by atoms with Gasteiger partial charge in [0.05, 0.1) is 11.4 Å². The second-order valence-electron chi connectivity index (χ2n) is 29.0. The average Bonchev–Trinajstić information content (AvgIpc) is 1.03. The molecule has 2 aliphatic rings. The second kappa shape index (κ2) is 22.3. The van der Waals surface area contributed by atoms with Gasteiger partial charge in [0.15, 0.2) is 5.58 Å². The Balaban J connectivity index is 1.05. The number of rotatable bonds is 13. The van der Waals surface area contributed by atoms with E-state index < -0.39 is 0 Å². The number of nitrogens with zero attached hydrogens (tertiary/aromatic N) is 3. The summed E-state index contributed by atoms with van der Waals surface area (Å²) in [5.41, 5.74) is 25.3. The lowest BCUT2D eigenvalue weighted by atomic mass is 9.33. The highest BCUT2D eigenvalue weighted by molar-refractivity contribution is 7.00. The van der Waals surface area contributed by atoms with Gasteiger partial charge in [0, 0.05) is 77.8 Å². The number of para-hydroxylation sites is 3. The molecule has 0 aliphatic carbocycles. The van der Waals surface area contributed by atoms with Gasteiger partial charge in [-0.1, -0.05) is 295 Å². The van der Waals surface area contributed by atoms with Crippen LogP contribution in [0, 0.1) is 0 Å². The first-order chi connectivity index (χ1) is 44.8. The summed E-state index contributed by atoms with van der Waals surface area (Å²) < 4.78 is 7.36. The van der Waals surface area contributed by atoms with Gasteiger partial charge in [-0.05, 0) is 133 Å². The van der Waals surface area contributed by atoms with E-state index in [4.69, 9.17) is 4.42 Å². The van der Waals surface area contributed by atoms with Crippen molar-refractivity contribution in [3.63, 3.8) is 0 Å². The molecule has 5 heteroatoms. The van der Waals surface area contributed by atoms with Crippen LogP contribution in [0.2, 0.25) is 0 Å². The molecule has 0 radical (unpaired) electrons. The van der Waals surface area contributed by atoms with Crippen LogP contribution in [-0.2, 0) is 27.1 Å². The van der Waals surface area contributed by atoms with E-state index in [-0.39, 0.29) is 33.8 Å². The van der Waals surface area contributed by atoms with Crippen LogP contribution in [0.1, 0.15) is 126 Å². The molecule has 0 N–H and O–H groups in total. The Kier molecular flexibility index (Phi) is 14.2. The molecule has 13 aromatic rings. The maximum Gasteiger partial charge on any atom is 0.252 e. The zero-order valence-corrected chi connectivity index (χ0v) is 55.5. The molecule has 0 bridgehead atoms. The molecular formula is C88H80BN3O. The van der Waals surface area contributed by atoms with E-state index in [0.717, 1.165) is 73.1 Å². The smallest absolute Gasteiger partial charge is 0.252 e. The van der Waals surface area contributed by atoms with Gasteiger partial charge < -0.3 is 19.1 Å². The van der Waals surface area contributed by atoms with Crippen LogP contribution in [0.4, 0.5) is 51.2 Å². The molecule has 93 heavy (non-hydrogen) atoms. The molecule has 2 aliphatic heterocycles. The molecule has 0 spiro atoms. The molecule has 456 valence electrons. The van der Waals surface area contributed by atoms with Gasteiger partial charge in [-0.2, -0.15) is 0 Å². The Morgan fingerprint density at radius 3 is 1.06 bits per heavy atom. The van der Waals surface area contributed by atoms with Gasteiger partial charge in [0.2, 0.25) is 0 Å². The summed E-state index contributed by atoms with van der Waals surface area (Å²) in [6, 6.07) is 107. The summed E-state index contributed by atoms with van der Waals surface area (Å²) in [5, 5.41) is 2.20. The third-order valence-corrected chi connectivity index (χ3v) is 21.0. The first kappa shape index (κ1) is 59.2. The molecular weight excluding hydrogens is 1130 g/mol. The molecule has 0 atom stereocenters. The summed E-state index contributed by atoms with van der Waals surface area (Å²) in [4.78, 5) is 7.61. The summed E-state index contributed by atoms with van der Waals surface area (Å²) in [6.45, 7) is 25.5. The number of hydrogen-bond acceptors (Lipinski definition) is 4. The van der Waals surface area contributed by atoms with Crippen molar-refractivity contribution in [2.45, 2.75) is 103 Å². The zero-order chi connectivity index (χ0) is 64.2. The Morgan fingerprint density at radius 2 is 0.656 bits per heavy atom. The van der Waals surface area contributed by atoms with Crippen molar-refractivity contribution in [2.75, 3.05) is 14.7 Å². The van der Waals surface area contributed by atoms with Crippen molar-refractivity contribution in [1.82, 2.24) is 0 Å². The maximum absolute atomic E-state index is 7.36. The lowest BCUT2D eigenvalue weighted by molar-refractivity contribution is 0.573. The van der Waals surface area contributed by atoms with Gasteiger partial charge in [-0.3, -0.25) is 0 Å². The highest BCUT2D eigenvalue weighted by Crippen LogP contribution is 2.52. The Morgan fingerprint density at radius 1 is 0.301 bits per heavy atom. The van der Waals surface area contributed by atoms with Gasteiger partial charge >= 0.3 is 0 Å². The van der Waals surface area contributed by atoms with Crippen molar-refractivity contribution >= 4 is 96.2 Å². The van der Waals surface area contributed by atoms with E-state index in [1.807, 2.05) is 0 Å². The highest BCUT2D eigenvalue weighted by atomic mass is 16.3. The Hall–Kier alpha value is -10.1. The van der Waals surface area contributed by atoms with E-state index in [1.54, 1.807) is 0 Å². The quantitative estimate of drug-likeness (QED) is 0.107. The fraction of sp³-hybridized carbons (Fsp3) is 0.182. The van der Waals surface area contributed by atoms with Crippen LogP contribution in [0.3, 0.4) is 0 Å². The molecule has 0 unspecified atom stereocenters. The second-order valence-corrected chi connectivity index (χ2v) is 29.0. The van der Waals surface area contributed by atoms with Crippen LogP contribution >= 0.6 is 0 Å². The van der Waals surface area contributed by atoms with Gasteiger partial charge in [0.1, 0.15) is 5.58 Å². The molecule has 0 saturated carbocycles. The van der Waals surface area contributed by atoms with Gasteiger partial charge in [-0.15, -0.1) is 0 Å². The van der Waals surface area contributed by atoms with Crippen molar-refractivity contribution in [3.05, 3.63) is 335 Å². The zero-order valence-electron chi connectivity index (χ0n) is 55.5. The minimum atomic E-state index is -0.323. The van der Waals surface area contributed by atoms with Crippen molar-refractivity contribution in [1.29, 1.82) is 0 Å². The molecule has 0 fully saturated rings. The summed E-state index contributed by atoms with van der Waals surface area (Å²) in [6.07, 6.45) is 0. The van der Waals surface area contributed by atoms with Gasteiger partial charge in [-0.25, -0.2) is 0 Å². The minimum Gasteiger partial charge on any atom is -0.454 e. The molecule has 0 amide bonds. The fourth-order valence-electron chi connectivity index (χ4n) is 15.2. The monoisotopic (exact) mass is 1210 g/mol. The first-order valence-corrected chi connectivity index (χ1v) is 33.1. The van der Waals surface area contributed by atoms with Crippen LogP contribution < -0.4 is 31.1 Å². The molecule has 12 aromatic carbocycles. The SMILES string of the molecule is CC(C)(C)c1cccc2c1oc1c(N(c3ccccc3)c3cc4c5c(c3)N(c3ccc(C(C)(C)c6ccccc6)cc3)c3ccc(C(C)(C)c6ccccc6)cc3B5c3cc(C(C)(C)c5ccccc5)ccc3N4c3ccc(C(C)(C)c4ccccc4)cc3)cccc12. The van der Waals surface area contributed by atoms with Gasteiger partial charge in [0.25, 0.3) is 6.71 Å². The number of fused-ring (bicyclic) bond motifs is 7. The largest absolute Gasteiger partial charge is 0.454 e. The normalized spacial score (nSPS) is 13.3. The minimum absolute atomic E-state index is 0.148. The number of benzene rings is 12. The van der Waals surface area contributed by atoms with E-state index in [0.29, 0.717) is 0 Å². The third-order valence-electron chi connectivity index (χ3n) is 21.0. The third kappa shape index (κ3) is 9.89. The lowest BCUT2D eigenvalue weighted by Gasteiger charge is -2.46. The fourth-order valence-corrected chi connectivity index (χ4v) is 15.2. The maximum atomic E-state index is 7.36. The predicted molar refractivity (Wildman–Crippen MR) is 395 cm³/mol. The first-order valence-electron chi connectivity index (χ1n) is 33.1. The molecule has 3 heterocycles. The van der Waals surface area contributed by atoms with Crippen LogP contribution in [0.5, 0.6) is 0 Å². The molecule has 4 nitrogen and oxygen atoms in total. The number of furan rings is 1. The summed E-state index contributed by atoms with van der Waals surface area (Å²) in [7, 11) is 0. The van der Waals surface area contributed by atoms with Crippen molar-refractivity contribution in [2.24, 2.45) is 0 Å². The van der Waals surface area contributed by atoms with E-state index >= 15 is 0 Å². The topological polar surface area (TPSA) is 22.9 Å². The predicted octanol–water partition coefficient (Wildman–Crippen LogP) is 21.7. The van der Waals surface area contributed by atoms with Crippen LogP contribution in [0.25, 0.3) is 21.9 Å². The van der Waals surface area contributed by atoms with E-state index in [2.05, 4.69) is 376 Å². The average molecular weight is 1210 g/mol. The van der Waals surface area contributed by atoms with Crippen molar-refractivity contribution in [3.8, 4) is 0 Å². The highest BCUT2D eigenvalue weighted by Gasteiger charge is 2.46. The van der Waals surface area contributed by atoms with Crippen LogP contribution in [0.15, 0.2) is 290 Å². The molecule has 0 saturated heterocycles. The number of anilines is 9. The lowest BCUT2D eigenvalue weighted by Crippen LogP contribution is -2.61. The summed E-state index contributed by atoms with van der Waals surface area (Å²) in [5.74, 6) is 0. The van der Waals surface area contributed by atoms with Crippen LogP contribution in [-0.4, -0.2) is 6.71 Å². The standard InChI is InChI=1S/C88H80BN3O/c1-84(2,3)73-41-27-39-71-72-40-28-42-78(83(72)93-82(71)73)90(67-37-25-16-26-38-67)70-57-79-81-80(58-70)92(69-51-45-64(46-52-69)86(6,7)60-31-19-13-20-32-60)77-54-48-66(88(10,11)62-35-23-15-24-36-62)56-75(77)89(81)74-55-65(87(8,9)61-33-21-14-22-34-61)47-53-76(74)91(79)68-49-43-63(44-50-68)85(4,5)59-29-17-12-18-30-59/h12-58H,1-11H3.